The zero-order valence-corrected chi connectivity index (χ0v) is 14.8. The van der Waals surface area contributed by atoms with Gasteiger partial charge < -0.3 is 9.64 Å². The fourth-order valence-electron chi connectivity index (χ4n) is 2.47. The van der Waals surface area contributed by atoms with Crippen molar-refractivity contribution in [1.82, 2.24) is 4.90 Å². The molecule has 0 N–H and O–H groups in total. The third-order valence-electron chi connectivity index (χ3n) is 3.98. The monoisotopic (exact) mass is 382 g/mol. The number of hydrogen-bond acceptors (Lipinski definition) is 7. The third kappa shape index (κ3) is 5.38. The van der Waals surface area contributed by atoms with E-state index in [0.29, 0.717) is 12.0 Å². The zero-order chi connectivity index (χ0) is 19.3. The van der Waals surface area contributed by atoms with E-state index in [-0.39, 0.29) is 17.2 Å². The highest BCUT2D eigenvalue weighted by atomic mass is 32.2. The minimum absolute atomic E-state index is 0.0427. The van der Waals surface area contributed by atoms with E-state index in [1.807, 2.05) is 0 Å². The van der Waals surface area contributed by atoms with Gasteiger partial charge in [0.15, 0.2) is 16.4 Å². The van der Waals surface area contributed by atoms with Crippen LogP contribution >= 0.6 is 0 Å². The number of nitrogens with zero attached hydrogens (tertiary/aromatic N) is 2. The molecule has 9 nitrogen and oxygen atoms in total. The number of sulfone groups is 1. The van der Waals surface area contributed by atoms with E-state index in [4.69, 9.17) is 4.74 Å². The van der Waals surface area contributed by atoms with Crippen LogP contribution in [0.15, 0.2) is 30.3 Å². The zero-order valence-electron chi connectivity index (χ0n) is 14.0. The minimum Gasteiger partial charge on any atom is -0.452 e. The Morgan fingerprint density at radius 2 is 2.15 bits per heavy atom. The molecule has 26 heavy (non-hydrogen) atoms. The van der Waals surface area contributed by atoms with E-state index in [1.165, 1.54) is 36.2 Å². The summed E-state index contributed by atoms with van der Waals surface area (Å²) in [6.07, 6.45) is 2.77. The van der Waals surface area contributed by atoms with Gasteiger partial charge in [-0.15, -0.1) is 0 Å². The fourth-order valence-corrected chi connectivity index (χ4v) is 4.25. The van der Waals surface area contributed by atoms with Crippen LogP contribution < -0.4 is 0 Å². The topological polar surface area (TPSA) is 124 Å². The summed E-state index contributed by atoms with van der Waals surface area (Å²) in [4.78, 5) is 35.1. The van der Waals surface area contributed by atoms with Crippen LogP contribution in [0.2, 0.25) is 0 Å². The van der Waals surface area contributed by atoms with Crippen molar-refractivity contribution in [2.24, 2.45) is 0 Å². The van der Waals surface area contributed by atoms with Gasteiger partial charge in [0.2, 0.25) is 0 Å². The number of hydrogen-bond donors (Lipinski definition) is 0. The Morgan fingerprint density at radius 1 is 1.42 bits per heavy atom. The Morgan fingerprint density at radius 3 is 2.77 bits per heavy atom. The Labute approximate surface area is 150 Å². The molecule has 0 aromatic heterocycles. The van der Waals surface area contributed by atoms with Gasteiger partial charge in [0, 0.05) is 31.3 Å². The molecule has 1 aliphatic heterocycles. The molecule has 1 heterocycles. The number of carbonyl (C=O) groups excluding carboxylic acids is 2. The number of likely N-dealkylation sites (N-methyl/N-ethyl adjacent to an activating group) is 1. The van der Waals surface area contributed by atoms with Crippen LogP contribution in [-0.2, 0) is 24.2 Å². The lowest BCUT2D eigenvalue weighted by Crippen LogP contribution is -2.40. The van der Waals surface area contributed by atoms with Gasteiger partial charge in [-0.05, 0) is 18.1 Å². The van der Waals surface area contributed by atoms with Crippen molar-refractivity contribution in [2.45, 2.75) is 12.5 Å². The van der Waals surface area contributed by atoms with E-state index in [9.17, 15) is 28.1 Å². The number of benzene rings is 1. The average Bonchev–Trinajstić information content (AvgIpc) is 2.97. The second kappa shape index (κ2) is 8.09. The van der Waals surface area contributed by atoms with Crippen LogP contribution in [0.4, 0.5) is 5.69 Å². The number of nitro benzene ring substituents is 1. The lowest BCUT2D eigenvalue weighted by Gasteiger charge is -2.22. The molecule has 1 unspecified atom stereocenters. The molecule has 1 aromatic carbocycles. The molecule has 1 saturated heterocycles. The normalized spacial score (nSPS) is 18.6. The SMILES string of the molecule is CN(C(=O)COC(=O)C=Cc1cccc([N+](=O)[O-])c1)C1CCS(=O)(=O)C1. The summed E-state index contributed by atoms with van der Waals surface area (Å²) < 4.78 is 27.7. The molecule has 1 atom stereocenters. The molecule has 0 bridgehead atoms. The second-order valence-electron chi connectivity index (χ2n) is 5.85. The van der Waals surface area contributed by atoms with Crippen molar-refractivity contribution in [3.8, 4) is 0 Å². The number of amides is 1. The van der Waals surface area contributed by atoms with Crippen LogP contribution in [0.3, 0.4) is 0 Å². The lowest BCUT2D eigenvalue weighted by molar-refractivity contribution is -0.384. The third-order valence-corrected chi connectivity index (χ3v) is 5.73. The Kier molecular flexibility index (Phi) is 6.09. The molecule has 140 valence electrons. The first-order chi connectivity index (χ1) is 12.2. The van der Waals surface area contributed by atoms with Gasteiger partial charge in [-0.2, -0.15) is 0 Å². The highest BCUT2D eigenvalue weighted by Gasteiger charge is 2.32. The van der Waals surface area contributed by atoms with Gasteiger partial charge in [-0.3, -0.25) is 14.9 Å². The summed E-state index contributed by atoms with van der Waals surface area (Å²) in [6, 6.07) is 5.27. The first kappa shape index (κ1) is 19.6. The lowest BCUT2D eigenvalue weighted by atomic mass is 10.2. The van der Waals surface area contributed by atoms with Crippen LogP contribution in [-0.4, -0.2) is 61.3 Å². The fraction of sp³-hybridized carbons (Fsp3) is 0.375. The number of ether oxygens (including phenoxy) is 1. The van der Waals surface area contributed by atoms with Gasteiger partial charge in [0.1, 0.15) is 0 Å². The van der Waals surface area contributed by atoms with Crippen molar-refractivity contribution >= 4 is 33.5 Å². The summed E-state index contributed by atoms with van der Waals surface area (Å²) in [5.74, 6) is -1.32. The summed E-state index contributed by atoms with van der Waals surface area (Å²) in [5.41, 5.74) is 0.333. The van der Waals surface area contributed by atoms with Crippen molar-refractivity contribution in [3.63, 3.8) is 0 Å². The molecule has 0 aliphatic carbocycles. The maximum Gasteiger partial charge on any atom is 0.331 e. The Balaban J connectivity index is 1.85. The van der Waals surface area contributed by atoms with Crippen LogP contribution in [0.25, 0.3) is 6.08 Å². The van der Waals surface area contributed by atoms with Crippen molar-refractivity contribution in [2.75, 3.05) is 25.2 Å². The predicted octanol–water partition coefficient (Wildman–Crippen LogP) is 0.797. The van der Waals surface area contributed by atoms with Gasteiger partial charge in [0.25, 0.3) is 11.6 Å². The van der Waals surface area contributed by atoms with Gasteiger partial charge in [0.05, 0.1) is 16.4 Å². The average molecular weight is 382 g/mol. The number of rotatable bonds is 6. The Hall–Kier alpha value is -2.75. The molecule has 0 radical (unpaired) electrons. The second-order valence-corrected chi connectivity index (χ2v) is 8.08. The highest BCUT2D eigenvalue weighted by Crippen LogP contribution is 2.17. The summed E-state index contributed by atoms with van der Waals surface area (Å²) in [6.45, 7) is -0.509. The van der Waals surface area contributed by atoms with Crippen molar-refractivity contribution in [3.05, 3.63) is 46.0 Å². The molecule has 0 saturated carbocycles. The standard InChI is InChI=1S/C16H18N2O7S/c1-17(14-7-8-26(23,24)11-14)15(19)10-25-16(20)6-5-12-3-2-4-13(9-12)18(21)22/h2-6,9,14H,7-8,10-11H2,1H3. The minimum atomic E-state index is -3.11. The van der Waals surface area contributed by atoms with Gasteiger partial charge in [-0.1, -0.05) is 12.1 Å². The van der Waals surface area contributed by atoms with Gasteiger partial charge >= 0.3 is 5.97 Å². The van der Waals surface area contributed by atoms with Crippen LogP contribution in [0.1, 0.15) is 12.0 Å². The Bertz CT molecular complexity index is 848. The number of non-ortho nitro benzene ring substituents is 1. The summed E-state index contributed by atoms with van der Waals surface area (Å²) in [5, 5.41) is 10.7. The van der Waals surface area contributed by atoms with E-state index in [2.05, 4.69) is 0 Å². The van der Waals surface area contributed by atoms with E-state index in [1.54, 1.807) is 6.07 Å². The summed E-state index contributed by atoms with van der Waals surface area (Å²) in [7, 11) is -1.64. The largest absolute Gasteiger partial charge is 0.452 e. The van der Waals surface area contributed by atoms with E-state index in [0.717, 1.165) is 6.08 Å². The molecule has 10 heteroatoms. The molecular formula is C16H18N2O7S. The number of carbonyl (C=O) groups is 2. The molecule has 1 fully saturated rings. The highest BCUT2D eigenvalue weighted by molar-refractivity contribution is 7.91. The molecule has 0 spiro atoms. The van der Waals surface area contributed by atoms with E-state index < -0.39 is 39.3 Å². The van der Waals surface area contributed by atoms with Gasteiger partial charge in [-0.25, -0.2) is 13.2 Å². The van der Waals surface area contributed by atoms with E-state index >= 15 is 0 Å². The number of esters is 1. The molecular weight excluding hydrogens is 364 g/mol. The quantitative estimate of drug-likeness (QED) is 0.308. The van der Waals surface area contributed by atoms with Crippen molar-refractivity contribution < 1.29 is 27.7 Å². The van der Waals surface area contributed by atoms with Crippen LogP contribution in [0, 0.1) is 10.1 Å². The first-order valence-corrected chi connectivity index (χ1v) is 9.55. The molecule has 2 rings (SSSR count). The first-order valence-electron chi connectivity index (χ1n) is 7.73. The number of nitro groups is 1. The maximum atomic E-state index is 12.0. The van der Waals surface area contributed by atoms with Crippen LogP contribution in [0.5, 0.6) is 0 Å². The molecule has 1 amide bonds. The smallest absolute Gasteiger partial charge is 0.331 e. The molecule has 1 aliphatic rings. The maximum absolute atomic E-state index is 12.0. The van der Waals surface area contributed by atoms with Crippen molar-refractivity contribution in [1.29, 1.82) is 0 Å². The summed E-state index contributed by atoms with van der Waals surface area (Å²) >= 11 is 0. The molecule has 1 aromatic rings. The predicted molar refractivity (Wildman–Crippen MR) is 92.9 cm³/mol.